The normalized spacial score (nSPS) is 13.3. The van der Waals surface area contributed by atoms with Crippen molar-refractivity contribution in [1.29, 1.82) is 0 Å². The Hall–Kier alpha value is -1.12. The zero-order valence-corrected chi connectivity index (χ0v) is 42.3. The highest BCUT2D eigenvalue weighted by Crippen LogP contribution is 2.30. The Bertz CT molecular complexity index is 1130. The number of ether oxygens (including phenoxy) is 7. The number of rotatable bonds is 28. The topological polar surface area (TPSA) is 167 Å². The first-order chi connectivity index (χ1) is 26.3. The zero-order chi connectivity index (χ0) is 46.3. The summed E-state index contributed by atoms with van der Waals surface area (Å²) in [4.78, 5) is 78.1. The monoisotopic (exact) mass is 950 g/mol. The fraction of sp³-hybridized carbons (Fsp3) is 0.850. The Morgan fingerprint density at radius 2 is 0.424 bits per heavy atom. The van der Waals surface area contributed by atoms with E-state index in [0.717, 1.165) is 0 Å². The summed E-state index contributed by atoms with van der Waals surface area (Å²) in [6.07, 6.45) is -0.531. The summed E-state index contributed by atoms with van der Waals surface area (Å²) in [6.45, 7) is 17.3. The average molecular weight is 951 g/mol. The molecule has 0 aromatic rings. The van der Waals surface area contributed by atoms with Crippen LogP contribution < -0.4 is 0 Å². The number of thiol groups is 6. The summed E-state index contributed by atoms with van der Waals surface area (Å²) in [5, 5.41) is 0. The lowest BCUT2D eigenvalue weighted by atomic mass is 9.90. The molecule has 0 aromatic heterocycles. The van der Waals surface area contributed by atoms with E-state index in [1.807, 2.05) is 0 Å². The largest absolute Gasteiger partial charge is 0.465 e. The van der Waals surface area contributed by atoms with Crippen LogP contribution in [0.25, 0.3) is 0 Å². The predicted molar refractivity (Wildman–Crippen MR) is 248 cm³/mol. The van der Waals surface area contributed by atoms with Gasteiger partial charge in [-0.05, 0) is 0 Å². The van der Waals surface area contributed by atoms with Gasteiger partial charge < -0.3 is 33.2 Å². The minimum Gasteiger partial charge on any atom is -0.465 e. The Labute approximate surface area is 385 Å². The summed E-state index contributed by atoms with van der Waals surface area (Å²) in [7, 11) is 0. The van der Waals surface area contributed by atoms with Crippen molar-refractivity contribution in [2.45, 2.75) is 150 Å². The van der Waals surface area contributed by atoms with E-state index in [1.54, 1.807) is 83.1 Å². The molecule has 0 spiro atoms. The molecule has 0 aromatic carbocycles. The molecule has 0 aliphatic carbocycles. The van der Waals surface area contributed by atoms with E-state index in [1.165, 1.54) is 0 Å². The molecule has 0 atom stereocenters. The van der Waals surface area contributed by atoms with Crippen molar-refractivity contribution in [2.24, 2.45) is 10.8 Å². The highest BCUT2D eigenvalue weighted by Gasteiger charge is 2.42. The van der Waals surface area contributed by atoms with E-state index in [2.05, 4.69) is 75.8 Å². The highest BCUT2D eigenvalue weighted by atomic mass is 32.1. The molecule has 0 amide bonds. The minimum atomic E-state index is -1.51. The van der Waals surface area contributed by atoms with Crippen LogP contribution in [0.4, 0.5) is 0 Å². The van der Waals surface area contributed by atoms with Crippen LogP contribution in [-0.4, -0.2) is 117 Å². The third kappa shape index (κ3) is 32.3. The minimum absolute atomic E-state index is 0.0885. The summed E-state index contributed by atoms with van der Waals surface area (Å²) in [5.41, 5.74) is -3.03. The van der Waals surface area contributed by atoms with Crippen molar-refractivity contribution in [3.63, 3.8) is 0 Å². The molecule has 59 heavy (non-hydrogen) atoms. The summed E-state index contributed by atoms with van der Waals surface area (Å²) in [6, 6.07) is 0. The Morgan fingerprint density at radius 3 is 0.542 bits per heavy atom. The van der Waals surface area contributed by atoms with Gasteiger partial charge in [-0.3, -0.25) is 28.8 Å². The van der Waals surface area contributed by atoms with Crippen LogP contribution in [0.2, 0.25) is 0 Å². The van der Waals surface area contributed by atoms with E-state index < -0.39 is 128 Å². The molecule has 0 N–H and O–H groups in total. The summed E-state index contributed by atoms with van der Waals surface area (Å²) < 4.78 is 36.1. The van der Waals surface area contributed by atoms with Crippen molar-refractivity contribution in [3.8, 4) is 0 Å². The first-order valence-corrected chi connectivity index (χ1v) is 21.9. The first-order valence-electron chi connectivity index (χ1n) is 19.2. The Balaban J connectivity index is 7.16. The number of hydrogen-bond acceptors (Lipinski definition) is 19. The van der Waals surface area contributed by atoms with Gasteiger partial charge in [0.25, 0.3) is 0 Å². The van der Waals surface area contributed by atoms with Gasteiger partial charge in [0.1, 0.15) is 39.6 Å². The van der Waals surface area contributed by atoms with Gasteiger partial charge in [-0.2, -0.15) is 75.8 Å². The second-order valence-corrected chi connectivity index (χ2v) is 26.7. The lowest BCUT2D eigenvalue weighted by molar-refractivity contribution is -0.175. The molecule has 0 heterocycles. The van der Waals surface area contributed by atoms with Crippen LogP contribution in [0, 0.1) is 10.8 Å². The second kappa shape index (κ2) is 24.1. The van der Waals surface area contributed by atoms with E-state index in [-0.39, 0.29) is 38.5 Å². The molecule has 13 nitrogen and oxygen atoms in total. The van der Waals surface area contributed by atoms with Gasteiger partial charge in [0.15, 0.2) is 0 Å². The van der Waals surface area contributed by atoms with Crippen LogP contribution in [-0.2, 0) is 61.9 Å². The van der Waals surface area contributed by atoms with Crippen molar-refractivity contribution in [1.82, 2.24) is 0 Å². The molecule has 0 saturated carbocycles. The van der Waals surface area contributed by atoms with E-state index in [4.69, 9.17) is 33.2 Å². The van der Waals surface area contributed by atoms with Crippen LogP contribution in [0.5, 0.6) is 0 Å². The van der Waals surface area contributed by atoms with Crippen LogP contribution in [0.15, 0.2) is 0 Å². The summed E-state index contributed by atoms with van der Waals surface area (Å²) in [5.74, 6) is -3.80. The van der Waals surface area contributed by atoms with E-state index in [9.17, 15) is 28.8 Å². The van der Waals surface area contributed by atoms with E-state index >= 15 is 0 Å². The van der Waals surface area contributed by atoms with Gasteiger partial charge in [0.2, 0.25) is 0 Å². The summed E-state index contributed by atoms with van der Waals surface area (Å²) >= 11 is 26.6. The molecule has 0 rings (SSSR count). The first kappa shape index (κ1) is 57.9. The molecule has 0 radical (unpaired) electrons. The Kier molecular flexibility index (Phi) is 23.6. The fourth-order valence-corrected chi connectivity index (χ4v) is 5.59. The zero-order valence-electron chi connectivity index (χ0n) is 36.9. The number of carbonyl (C=O) groups is 6. The van der Waals surface area contributed by atoms with Crippen molar-refractivity contribution >= 4 is 112 Å². The molecular weight excluding hydrogens is 881 g/mol. The molecule has 0 saturated heterocycles. The number of hydrogen-bond donors (Lipinski definition) is 6. The third-order valence-corrected chi connectivity index (χ3v) is 8.46. The molecule has 344 valence electrons. The number of esters is 6. The van der Waals surface area contributed by atoms with Crippen LogP contribution >= 0.6 is 75.8 Å². The SMILES string of the molecule is CC(C)(S)CC(=O)OCC(COCC(COC(=O)CC(C)(C)S)(COC(=O)CC(C)(C)S)COC(=O)CC(C)(C)S)(COC(=O)CC(C)(C)S)COC(=O)CC(C)(C)S. The fourth-order valence-electron chi connectivity index (χ4n) is 4.81. The molecule has 0 fully saturated rings. The average Bonchev–Trinajstić information content (AvgIpc) is 2.97. The standard InChI is InChI=1S/C40H70O13S6/c1-33(2,54)13-27(41)48-21-39(22-49-28(42)14-34(3,4)55,23-50-29(43)15-35(5,6)56)19-47-20-40(24-51-30(44)16-36(7,8)57,25-52-31(45)17-37(9,10)58)26-53-32(46)18-38(11,12)59/h54-59H,13-26H2,1-12H3. The van der Waals surface area contributed by atoms with Gasteiger partial charge in [-0.1, -0.05) is 83.1 Å². The van der Waals surface area contributed by atoms with Gasteiger partial charge >= 0.3 is 35.8 Å². The quantitative estimate of drug-likeness (QED) is 0.0275. The maximum atomic E-state index is 13.0. The van der Waals surface area contributed by atoms with Crippen molar-refractivity contribution in [3.05, 3.63) is 0 Å². The van der Waals surface area contributed by atoms with Gasteiger partial charge in [-0.25, -0.2) is 0 Å². The molecule has 19 heteroatoms. The molecule has 0 bridgehead atoms. The number of carbonyl (C=O) groups excluding carboxylic acids is 6. The van der Waals surface area contributed by atoms with Gasteiger partial charge in [-0.15, -0.1) is 0 Å². The predicted octanol–water partition coefficient (Wildman–Crippen LogP) is 6.83. The molecule has 0 aliphatic rings. The van der Waals surface area contributed by atoms with E-state index in [0.29, 0.717) is 0 Å². The maximum Gasteiger partial charge on any atom is 0.307 e. The Morgan fingerprint density at radius 1 is 0.288 bits per heavy atom. The lowest BCUT2D eigenvalue weighted by Crippen LogP contribution is -2.47. The molecule has 0 unspecified atom stereocenters. The molecule has 0 aliphatic heterocycles. The highest BCUT2D eigenvalue weighted by molar-refractivity contribution is 7.82. The lowest BCUT2D eigenvalue weighted by Gasteiger charge is -2.36. The van der Waals surface area contributed by atoms with Crippen LogP contribution in [0.3, 0.4) is 0 Å². The van der Waals surface area contributed by atoms with Gasteiger partial charge in [0.05, 0.1) is 62.6 Å². The maximum absolute atomic E-state index is 13.0. The second-order valence-electron chi connectivity index (χ2n) is 19.4. The smallest absolute Gasteiger partial charge is 0.307 e. The van der Waals surface area contributed by atoms with Gasteiger partial charge in [0, 0.05) is 28.5 Å². The van der Waals surface area contributed by atoms with Crippen molar-refractivity contribution < 1.29 is 61.9 Å². The third-order valence-electron chi connectivity index (χ3n) is 7.51. The van der Waals surface area contributed by atoms with Crippen LogP contribution in [0.1, 0.15) is 122 Å². The molecular formula is C40H70O13S6. The van der Waals surface area contributed by atoms with Crippen molar-refractivity contribution in [2.75, 3.05) is 52.9 Å².